The van der Waals surface area contributed by atoms with E-state index in [1.165, 1.54) is 0 Å². The predicted octanol–water partition coefficient (Wildman–Crippen LogP) is 2.29. The van der Waals surface area contributed by atoms with Crippen molar-refractivity contribution >= 4 is 17.6 Å². The molecule has 1 fully saturated rings. The third-order valence-electron chi connectivity index (χ3n) is 4.28. The molecule has 0 aliphatic carbocycles. The number of ether oxygens (including phenoxy) is 2. The molecule has 0 bridgehead atoms. The van der Waals surface area contributed by atoms with Gasteiger partial charge in [-0.25, -0.2) is 0 Å². The average Bonchev–Trinajstić information content (AvgIpc) is 3.39. The first-order valence-corrected chi connectivity index (χ1v) is 9.85. The maximum absolute atomic E-state index is 5.90. The second-order valence-corrected chi connectivity index (χ2v) is 6.84. The zero-order valence-corrected chi connectivity index (χ0v) is 16.7. The third kappa shape index (κ3) is 6.47. The summed E-state index contributed by atoms with van der Waals surface area (Å²) < 4.78 is 16.3. The van der Waals surface area contributed by atoms with E-state index in [-0.39, 0.29) is 6.10 Å². The van der Waals surface area contributed by atoms with Crippen LogP contribution in [0.2, 0.25) is 5.02 Å². The van der Waals surface area contributed by atoms with E-state index in [9.17, 15) is 0 Å². The van der Waals surface area contributed by atoms with Gasteiger partial charge < -0.3 is 24.6 Å². The van der Waals surface area contributed by atoms with Gasteiger partial charge in [0.05, 0.1) is 12.7 Å². The van der Waals surface area contributed by atoms with Gasteiger partial charge in [0.15, 0.2) is 5.96 Å². The molecule has 1 aliphatic rings. The molecular formula is C19H26ClN5O3. The molecule has 2 heterocycles. The molecule has 1 aromatic heterocycles. The van der Waals surface area contributed by atoms with Crippen LogP contribution in [-0.4, -0.2) is 62.2 Å². The molecule has 1 unspecified atom stereocenters. The number of benzene rings is 1. The Morgan fingerprint density at radius 2 is 2.11 bits per heavy atom. The molecular weight excluding hydrogens is 382 g/mol. The molecule has 9 heteroatoms. The summed E-state index contributed by atoms with van der Waals surface area (Å²) in [6, 6.07) is 7.34. The van der Waals surface area contributed by atoms with E-state index in [0.717, 1.165) is 37.5 Å². The SMILES string of the molecule is CN=C(NCCCOC1CCOC1)NCCc1nc(-c2ccc(Cl)cc2)no1. The fourth-order valence-electron chi connectivity index (χ4n) is 2.75. The average molecular weight is 408 g/mol. The molecule has 0 amide bonds. The van der Waals surface area contributed by atoms with Crippen LogP contribution in [0.5, 0.6) is 0 Å². The summed E-state index contributed by atoms with van der Waals surface area (Å²) in [5.74, 6) is 1.86. The Bertz CT molecular complexity index is 744. The largest absolute Gasteiger partial charge is 0.379 e. The van der Waals surface area contributed by atoms with E-state index in [1.807, 2.05) is 12.1 Å². The number of nitrogens with zero attached hydrogens (tertiary/aromatic N) is 3. The van der Waals surface area contributed by atoms with Crippen LogP contribution in [0.1, 0.15) is 18.7 Å². The lowest BCUT2D eigenvalue weighted by Crippen LogP contribution is -2.39. The van der Waals surface area contributed by atoms with Crippen LogP contribution in [0.4, 0.5) is 0 Å². The standard InChI is InChI=1S/C19H26ClN5O3/c1-21-19(22-9-2-11-27-16-8-12-26-13-16)23-10-7-17-24-18(25-28-17)14-3-5-15(20)6-4-14/h3-6,16H,2,7-13H2,1H3,(H2,21,22,23). The van der Waals surface area contributed by atoms with Crippen molar-refractivity contribution < 1.29 is 14.0 Å². The van der Waals surface area contributed by atoms with Crippen molar-refractivity contribution in [3.8, 4) is 11.4 Å². The number of rotatable bonds is 9. The monoisotopic (exact) mass is 407 g/mol. The van der Waals surface area contributed by atoms with Crippen molar-refractivity contribution in [3.63, 3.8) is 0 Å². The lowest BCUT2D eigenvalue weighted by Gasteiger charge is -2.12. The van der Waals surface area contributed by atoms with Crippen molar-refractivity contribution in [1.82, 2.24) is 20.8 Å². The number of halogens is 1. The van der Waals surface area contributed by atoms with Crippen molar-refractivity contribution in [2.75, 3.05) is 40.0 Å². The number of hydrogen-bond acceptors (Lipinski definition) is 6. The van der Waals surface area contributed by atoms with E-state index in [1.54, 1.807) is 19.2 Å². The van der Waals surface area contributed by atoms with Gasteiger partial charge in [-0.05, 0) is 37.1 Å². The fourth-order valence-corrected chi connectivity index (χ4v) is 2.88. The van der Waals surface area contributed by atoms with Crippen molar-refractivity contribution in [3.05, 3.63) is 35.2 Å². The van der Waals surface area contributed by atoms with Gasteiger partial charge in [-0.3, -0.25) is 4.99 Å². The summed E-state index contributed by atoms with van der Waals surface area (Å²) in [5, 5.41) is 11.2. The number of aromatic nitrogens is 2. The molecule has 8 nitrogen and oxygen atoms in total. The molecule has 2 aromatic rings. The lowest BCUT2D eigenvalue weighted by molar-refractivity contribution is 0.0420. The minimum atomic E-state index is 0.254. The van der Waals surface area contributed by atoms with E-state index in [0.29, 0.717) is 42.9 Å². The second-order valence-electron chi connectivity index (χ2n) is 6.40. The van der Waals surface area contributed by atoms with E-state index >= 15 is 0 Å². The van der Waals surface area contributed by atoms with Gasteiger partial charge in [-0.2, -0.15) is 4.98 Å². The van der Waals surface area contributed by atoms with Gasteiger partial charge in [0.2, 0.25) is 11.7 Å². The lowest BCUT2D eigenvalue weighted by atomic mass is 10.2. The van der Waals surface area contributed by atoms with Crippen LogP contribution in [-0.2, 0) is 15.9 Å². The fraction of sp³-hybridized carbons (Fsp3) is 0.526. The number of aliphatic imine (C=N–C) groups is 1. The zero-order valence-electron chi connectivity index (χ0n) is 16.0. The van der Waals surface area contributed by atoms with Gasteiger partial charge in [0.1, 0.15) is 0 Å². The summed E-state index contributed by atoms with van der Waals surface area (Å²) in [6.07, 6.45) is 2.76. The van der Waals surface area contributed by atoms with Crippen LogP contribution < -0.4 is 10.6 Å². The summed E-state index contributed by atoms with van der Waals surface area (Å²) in [6.45, 7) is 3.66. The minimum Gasteiger partial charge on any atom is -0.379 e. The molecule has 2 N–H and O–H groups in total. The van der Waals surface area contributed by atoms with Gasteiger partial charge in [-0.1, -0.05) is 16.8 Å². The first kappa shape index (κ1) is 20.6. The molecule has 0 radical (unpaired) electrons. The molecule has 28 heavy (non-hydrogen) atoms. The van der Waals surface area contributed by atoms with E-state index in [4.69, 9.17) is 25.6 Å². The molecule has 1 atom stereocenters. The predicted molar refractivity (Wildman–Crippen MR) is 108 cm³/mol. The summed E-state index contributed by atoms with van der Waals surface area (Å²) in [7, 11) is 1.74. The maximum atomic E-state index is 5.90. The minimum absolute atomic E-state index is 0.254. The highest BCUT2D eigenvalue weighted by Gasteiger charge is 2.15. The Morgan fingerprint density at radius 3 is 2.86 bits per heavy atom. The Labute approximate surface area is 169 Å². The highest BCUT2D eigenvalue weighted by Crippen LogP contribution is 2.18. The quantitative estimate of drug-likeness (QED) is 0.374. The van der Waals surface area contributed by atoms with E-state index in [2.05, 4.69) is 25.8 Å². The molecule has 3 rings (SSSR count). The Morgan fingerprint density at radius 1 is 1.29 bits per heavy atom. The van der Waals surface area contributed by atoms with Gasteiger partial charge >= 0.3 is 0 Å². The Kier molecular flexibility index (Phi) is 8.07. The van der Waals surface area contributed by atoms with Crippen LogP contribution in [0.3, 0.4) is 0 Å². The van der Waals surface area contributed by atoms with Crippen LogP contribution in [0.25, 0.3) is 11.4 Å². The zero-order chi connectivity index (χ0) is 19.6. The summed E-state index contributed by atoms with van der Waals surface area (Å²) in [4.78, 5) is 8.62. The van der Waals surface area contributed by atoms with Crippen LogP contribution in [0, 0.1) is 0 Å². The van der Waals surface area contributed by atoms with Crippen LogP contribution >= 0.6 is 11.6 Å². The van der Waals surface area contributed by atoms with E-state index < -0.39 is 0 Å². The normalized spacial score (nSPS) is 17.1. The molecule has 1 aliphatic heterocycles. The summed E-state index contributed by atoms with van der Waals surface area (Å²) >= 11 is 5.90. The first-order chi connectivity index (χ1) is 13.7. The third-order valence-corrected chi connectivity index (χ3v) is 4.53. The smallest absolute Gasteiger partial charge is 0.228 e. The molecule has 0 spiro atoms. The molecule has 0 saturated carbocycles. The summed E-state index contributed by atoms with van der Waals surface area (Å²) in [5.41, 5.74) is 0.872. The van der Waals surface area contributed by atoms with Gasteiger partial charge in [0, 0.05) is 50.4 Å². The number of hydrogen-bond donors (Lipinski definition) is 2. The molecule has 1 saturated heterocycles. The Balaban J connectivity index is 1.32. The molecule has 1 aromatic carbocycles. The van der Waals surface area contributed by atoms with Crippen LogP contribution in [0.15, 0.2) is 33.8 Å². The highest BCUT2D eigenvalue weighted by atomic mass is 35.5. The highest BCUT2D eigenvalue weighted by molar-refractivity contribution is 6.30. The van der Waals surface area contributed by atoms with Crippen molar-refractivity contribution in [2.24, 2.45) is 4.99 Å². The Hall–Kier alpha value is -2.16. The molecule has 152 valence electrons. The van der Waals surface area contributed by atoms with Gasteiger partial charge in [-0.15, -0.1) is 0 Å². The topological polar surface area (TPSA) is 93.8 Å². The number of guanidine groups is 1. The van der Waals surface area contributed by atoms with Crippen molar-refractivity contribution in [1.29, 1.82) is 0 Å². The first-order valence-electron chi connectivity index (χ1n) is 9.47. The van der Waals surface area contributed by atoms with Crippen molar-refractivity contribution in [2.45, 2.75) is 25.4 Å². The number of nitrogens with one attached hydrogen (secondary N) is 2. The second kappa shape index (κ2) is 11.0. The maximum Gasteiger partial charge on any atom is 0.228 e. The van der Waals surface area contributed by atoms with Gasteiger partial charge in [0.25, 0.3) is 0 Å².